The molecule has 1 aromatic heterocycles. The van der Waals surface area contributed by atoms with Gasteiger partial charge in [0.25, 0.3) is 11.5 Å². The van der Waals surface area contributed by atoms with Crippen molar-refractivity contribution in [2.45, 2.75) is 13.8 Å². The third kappa shape index (κ3) is 5.02. The van der Waals surface area contributed by atoms with E-state index in [2.05, 4.69) is 5.10 Å². The number of nitriles is 1. The molecule has 1 amide bonds. The quantitative estimate of drug-likeness (QED) is 0.281. The summed E-state index contributed by atoms with van der Waals surface area (Å²) in [6.07, 6.45) is 7.89. The van der Waals surface area contributed by atoms with Gasteiger partial charge in [-0.25, -0.2) is 0 Å². The fourth-order valence-corrected chi connectivity index (χ4v) is 4.86. The number of allylic oxidation sites excluding steroid dienone is 4. The van der Waals surface area contributed by atoms with Crippen LogP contribution in [0.5, 0.6) is 5.88 Å². The number of anilines is 1. The van der Waals surface area contributed by atoms with Crippen LogP contribution in [0.3, 0.4) is 0 Å². The van der Waals surface area contributed by atoms with Crippen molar-refractivity contribution in [1.29, 1.82) is 5.26 Å². The highest BCUT2D eigenvalue weighted by Crippen LogP contribution is 2.39. The number of benzene rings is 2. The van der Waals surface area contributed by atoms with Crippen molar-refractivity contribution in [1.82, 2.24) is 4.57 Å². The summed E-state index contributed by atoms with van der Waals surface area (Å²) in [6, 6.07) is 13.2. The molecule has 10 heteroatoms. The Labute approximate surface area is 233 Å². The van der Waals surface area contributed by atoms with Crippen LogP contribution in [0.1, 0.15) is 23.6 Å². The second-order valence-corrected chi connectivity index (χ2v) is 9.40. The maximum Gasteiger partial charge on any atom is 0.280 e. The summed E-state index contributed by atoms with van der Waals surface area (Å²) in [5.41, 5.74) is 1.09. The van der Waals surface area contributed by atoms with Crippen LogP contribution < -0.4 is 15.7 Å². The molecule has 0 bridgehead atoms. The predicted molar refractivity (Wildman–Crippen MR) is 149 cm³/mol. The molecule has 0 saturated heterocycles. The van der Waals surface area contributed by atoms with Gasteiger partial charge in [0.1, 0.15) is 17.3 Å². The summed E-state index contributed by atoms with van der Waals surface area (Å²) in [6.45, 7) is 3.23. The van der Waals surface area contributed by atoms with Gasteiger partial charge in [-0.05, 0) is 61.2 Å². The monoisotopic (exact) mass is 563 g/mol. The number of nitrogens with zero attached hydrogens (tertiary/aromatic N) is 4. The molecule has 4 rings (SSSR count). The first kappa shape index (κ1) is 27.0. The van der Waals surface area contributed by atoms with Crippen LogP contribution in [0.2, 0.25) is 15.1 Å². The first-order valence-electron chi connectivity index (χ1n) is 11.2. The van der Waals surface area contributed by atoms with E-state index in [0.29, 0.717) is 27.6 Å². The Kier molecular flexibility index (Phi) is 7.88. The smallest absolute Gasteiger partial charge is 0.280 e. The number of aromatic nitrogens is 1. The average Bonchev–Trinajstić information content (AvgIpc) is 3.14. The largest absolute Gasteiger partial charge is 0.859 e. The highest BCUT2D eigenvalue weighted by atomic mass is 35.5. The molecule has 0 atom stereocenters. The normalized spacial score (nSPS) is 14.6. The van der Waals surface area contributed by atoms with Crippen LogP contribution in [0.15, 0.2) is 82.2 Å². The van der Waals surface area contributed by atoms with Crippen LogP contribution in [0.25, 0.3) is 11.8 Å². The zero-order chi connectivity index (χ0) is 27.6. The number of rotatable bonds is 5. The number of carbonyl (C=O) groups excluding carboxylic acids is 1. The molecule has 0 fully saturated rings. The lowest BCUT2D eigenvalue weighted by molar-refractivity contribution is -0.278. The second-order valence-electron chi connectivity index (χ2n) is 8.15. The number of carbonyl (C=O) groups is 1. The van der Waals surface area contributed by atoms with Gasteiger partial charge < -0.3 is 5.11 Å². The van der Waals surface area contributed by atoms with Gasteiger partial charge in [-0.15, -0.1) is 0 Å². The van der Waals surface area contributed by atoms with Gasteiger partial charge in [0, 0.05) is 10.7 Å². The maximum atomic E-state index is 13.2. The van der Waals surface area contributed by atoms with Crippen LogP contribution in [0.4, 0.5) is 5.69 Å². The molecule has 0 aliphatic carbocycles. The molecule has 190 valence electrons. The Bertz CT molecular complexity index is 1660. The van der Waals surface area contributed by atoms with E-state index in [0.717, 1.165) is 9.58 Å². The molecule has 0 radical (unpaired) electrons. The molecule has 38 heavy (non-hydrogen) atoms. The molecular formula is C28H18Cl3N4O3-. The fourth-order valence-electron chi connectivity index (χ4n) is 3.89. The number of hydrogen-bond acceptors (Lipinski definition) is 5. The van der Waals surface area contributed by atoms with E-state index in [1.165, 1.54) is 18.2 Å². The Morgan fingerprint density at radius 3 is 2.29 bits per heavy atom. The topological polar surface area (TPSA) is 102 Å². The van der Waals surface area contributed by atoms with Gasteiger partial charge in [0.05, 0.1) is 21.3 Å². The van der Waals surface area contributed by atoms with Crippen molar-refractivity contribution in [3.05, 3.63) is 114 Å². The first-order valence-corrected chi connectivity index (χ1v) is 12.3. The van der Waals surface area contributed by atoms with E-state index in [-0.39, 0.29) is 26.9 Å². The lowest BCUT2D eigenvalue weighted by atomic mass is 10.0. The van der Waals surface area contributed by atoms with Crippen molar-refractivity contribution in [3.8, 4) is 17.6 Å². The average molecular weight is 565 g/mol. The Balaban J connectivity index is 1.63. The fraction of sp³-hybridized carbons (Fsp3) is 0.0714. The van der Waals surface area contributed by atoms with Crippen LogP contribution >= 0.6 is 34.8 Å². The summed E-state index contributed by atoms with van der Waals surface area (Å²) in [7, 11) is 0. The van der Waals surface area contributed by atoms with Gasteiger partial charge >= 0.3 is 0 Å². The van der Waals surface area contributed by atoms with E-state index in [4.69, 9.17) is 34.8 Å². The summed E-state index contributed by atoms with van der Waals surface area (Å²) in [5.74, 6) is -0.962. The second kappa shape index (κ2) is 11.1. The Hall–Kier alpha value is -4.09. The first-order chi connectivity index (χ1) is 18.1. The molecule has 1 aliphatic rings. The minimum Gasteiger partial charge on any atom is -0.859 e. The van der Waals surface area contributed by atoms with E-state index < -0.39 is 17.3 Å². The Morgan fingerprint density at radius 2 is 1.66 bits per heavy atom. The number of para-hydroxylation sites is 1. The summed E-state index contributed by atoms with van der Waals surface area (Å²) in [4.78, 5) is 25.8. The van der Waals surface area contributed by atoms with E-state index in [1.54, 1.807) is 68.5 Å². The Morgan fingerprint density at radius 1 is 1.00 bits per heavy atom. The van der Waals surface area contributed by atoms with Gasteiger partial charge in [-0.2, -0.15) is 15.4 Å². The van der Waals surface area contributed by atoms with Crippen LogP contribution in [-0.2, 0) is 4.79 Å². The van der Waals surface area contributed by atoms with Crippen molar-refractivity contribution in [2.75, 3.05) is 5.01 Å². The maximum absolute atomic E-state index is 13.2. The molecule has 1 aliphatic heterocycles. The zero-order valence-corrected chi connectivity index (χ0v) is 22.3. The molecule has 0 spiro atoms. The minimum atomic E-state index is -0.668. The van der Waals surface area contributed by atoms with Gasteiger partial charge in [-0.1, -0.05) is 77.3 Å². The van der Waals surface area contributed by atoms with E-state index >= 15 is 0 Å². The lowest BCUT2D eigenvalue weighted by Gasteiger charge is -2.22. The molecule has 3 aromatic rings. The lowest BCUT2D eigenvalue weighted by Crippen LogP contribution is -2.26. The number of hydrogen-bond donors (Lipinski definition) is 0. The molecular weight excluding hydrogens is 547 g/mol. The molecule has 2 heterocycles. The number of amides is 1. The van der Waals surface area contributed by atoms with E-state index in [1.807, 2.05) is 6.07 Å². The van der Waals surface area contributed by atoms with Crippen molar-refractivity contribution < 1.29 is 9.90 Å². The van der Waals surface area contributed by atoms with Gasteiger partial charge in [0.15, 0.2) is 0 Å². The number of halogens is 3. The number of pyridine rings is 1. The highest BCUT2D eigenvalue weighted by Gasteiger charge is 2.31. The van der Waals surface area contributed by atoms with E-state index in [9.17, 15) is 20.0 Å². The summed E-state index contributed by atoms with van der Waals surface area (Å²) >= 11 is 18.5. The standard InChI is InChI=1S/C28H19Cl3N4O3/c1-16-20(26(36)34(27(37)22(16)15-32)19-9-5-3-6-10-19)11-7-4-8-12-21-17(2)33-35(28(21)38)25-23(30)13-18(29)14-24(25)31/h3-14,36H,1-2H3/p-1/b8-4?,11-7?,21-12-. The molecule has 2 aromatic carbocycles. The SMILES string of the molecule is CC1=NN(c2c(Cl)cc(Cl)cc2Cl)C(=O)/C1=C\C=CC=Cc1c(C)c(C#N)c(=O)n(-c2ccccc2)c1[O-]. The minimum absolute atomic E-state index is 0.109. The van der Waals surface area contributed by atoms with Gasteiger partial charge in [0.2, 0.25) is 0 Å². The van der Waals surface area contributed by atoms with Gasteiger partial charge in [-0.3, -0.25) is 14.2 Å². The van der Waals surface area contributed by atoms with Crippen LogP contribution in [0, 0.1) is 18.3 Å². The summed E-state index contributed by atoms with van der Waals surface area (Å²) < 4.78 is 0.982. The van der Waals surface area contributed by atoms with Crippen molar-refractivity contribution in [2.24, 2.45) is 5.10 Å². The zero-order valence-electron chi connectivity index (χ0n) is 20.1. The van der Waals surface area contributed by atoms with Crippen molar-refractivity contribution >= 4 is 58.2 Å². The third-order valence-electron chi connectivity index (χ3n) is 5.76. The molecule has 0 N–H and O–H groups in total. The summed E-state index contributed by atoms with van der Waals surface area (Å²) in [5, 5.41) is 28.8. The molecule has 0 saturated carbocycles. The molecule has 7 nitrogen and oxygen atoms in total. The predicted octanol–water partition coefficient (Wildman–Crippen LogP) is 5.97. The highest BCUT2D eigenvalue weighted by molar-refractivity contribution is 6.43. The van der Waals surface area contributed by atoms with Crippen LogP contribution in [-0.4, -0.2) is 16.2 Å². The number of hydrazone groups is 1. The third-order valence-corrected chi connectivity index (χ3v) is 6.55. The van der Waals surface area contributed by atoms with Crippen molar-refractivity contribution in [3.63, 3.8) is 0 Å². The molecule has 0 unspecified atom stereocenters.